The Morgan fingerprint density at radius 1 is 1.50 bits per heavy atom. The fourth-order valence-corrected chi connectivity index (χ4v) is 2.74. The zero-order valence-corrected chi connectivity index (χ0v) is 10.8. The van der Waals surface area contributed by atoms with Crippen LogP contribution in [0.15, 0.2) is 22.8 Å². The van der Waals surface area contributed by atoms with Gasteiger partial charge in [-0.1, -0.05) is 0 Å². The highest BCUT2D eigenvalue weighted by atomic mass is 79.9. The number of imidazole rings is 1. The van der Waals surface area contributed by atoms with Crippen molar-refractivity contribution in [3.05, 3.63) is 34.2 Å². The van der Waals surface area contributed by atoms with Gasteiger partial charge in [0.05, 0.1) is 11.7 Å². The van der Waals surface area contributed by atoms with E-state index in [1.54, 1.807) is 0 Å². The van der Waals surface area contributed by atoms with E-state index in [4.69, 9.17) is 4.98 Å². The second kappa shape index (κ2) is 3.86. The van der Waals surface area contributed by atoms with Crippen LogP contribution in [0, 0.1) is 6.92 Å². The number of rotatable bonds is 1. The van der Waals surface area contributed by atoms with Crippen LogP contribution in [0.3, 0.4) is 0 Å². The summed E-state index contributed by atoms with van der Waals surface area (Å²) in [6, 6.07) is 4.53. The number of nitrogens with one attached hydrogen (secondary N) is 1. The molecule has 3 rings (SSSR count). The highest BCUT2D eigenvalue weighted by molar-refractivity contribution is 9.10. The monoisotopic (exact) mass is 279 g/mol. The van der Waals surface area contributed by atoms with Crippen molar-refractivity contribution in [2.45, 2.75) is 25.8 Å². The van der Waals surface area contributed by atoms with Gasteiger partial charge in [-0.2, -0.15) is 0 Å². The van der Waals surface area contributed by atoms with Crippen LogP contribution in [0.25, 0.3) is 5.65 Å². The van der Waals surface area contributed by atoms with Crippen molar-refractivity contribution in [1.82, 2.24) is 14.7 Å². The third kappa shape index (κ3) is 1.57. The van der Waals surface area contributed by atoms with E-state index in [0.29, 0.717) is 6.04 Å². The molecule has 16 heavy (non-hydrogen) atoms. The molecule has 0 aromatic carbocycles. The van der Waals surface area contributed by atoms with Crippen LogP contribution in [0.1, 0.15) is 30.3 Å². The van der Waals surface area contributed by atoms with E-state index in [0.717, 1.165) is 16.7 Å². The molecule has 0 saturated carbocycles. The standard InChI is InChI=1S/C12H14BrN3/c1-8-12(10-3-2-6-14-10)15-11-5-4-9(13)7-16(8)11/h4-5,7,10,14H,2-3,6H2,1H3. The first-order valence-corrected chi connectivity index (χ1v) is 6.42. The molecule has 0 amide bonds. The van der Waals surface area contributed by atoms with Crippen LogP contribution in [-0.2, 0) is 0 Å². The molecule has 1 N–H and O–H groups in total. The second-order valence-electron chi connectivity index (χ2n) is 4.31. The lowest BCUT2D eigenvalue weighted by atomic mass is 10.1. The largest absolute Gasteiger partial charge is 0.309 e. The van der Waals surface area contributed by atoms with E-state index in [9.17, 15) is 0 Å². The first-order valence-electron chi connectivity index (χ1n) is 5.63. The predicted molar refractivity (Wildman–Crippen MR) is 67.6 cm³/mol. The molecular weight excluding hydrogens is 266 g/mol. The molecule has 0 spiro atoms. The lowest BCUT2D eigenvalue weighted by Gasteiger charge is -2.07. The molecule has 1 unspecified atom stereocenters. The zero-order chi connectivity index (χ0) is 11.1. The highest BCUT2D eigenvalue weighted by Crippen LogP contribution is 2.26. The van der Waals surface area contributed by atoms with Crippen LogP contribution in [-0.4, -0.2) is 15.9 Å². The van der Waals surface area contributed by atoms with E-state index < -0.39 is 0 Å². The minimum Gasteiger partial charge on any atom is -0.309 e. The van der Waals surface area contributed by atoms with Gasteiger partial charge in [0.2, 0.25) is 0 Å². The van der Waals surface area contributed by atoms with Crippen molar-refractivity contribution < 1.29 is 0 Å². The number of hydrogen-bond acceptors (Lipinski definition) is 2. The lowest BCUT2D eigenvalue weighted by Crippen LogP contribution is -2.14. The molecule has 4 heteroatoms. The van der Waals surface area contributed by atoms with E-state index in [1.165, 1.54) is 24.2 Å². The molecular formula is C12H14BrN3. The molecule has 1 fully saturated rings. The number of fused-ring (bicyclic) bond motifs is 1. The third-order valence-electron chi connectivity index (χ3n) is 3.25. The van der Waals surface area contributed by atoms with E-state index in [2.05, 4.69) is 44.8 Å². The minimum absolute atomic E-state index is 0.443. The van der Waals surface area contributed by atoms with Gasteiger partial charge in [0.25, 0.3) is 0 Å². The number of aromatic nitrogens is 2. The van der Waals surface area contributed by atoms with Crippen LogP contribution in [0.5, 0.6) is 0 Å². The van der Waals surface area contributed by atoms with Crippen molar-refractivity contribution in [2.24, 2.45) is 0 Å². The van der Waals surface area contributed by atoms with Crippen molar-refractivity contribution in [3.8, 4) is 0 Å². The number of pyridine rings is 1. The summed E-state index contributed by atoms with van der Waals surface area (Å²) in [6.45, 7) is 3.25. The van der Waals surface area contributed by atoms with Gasteiger partial charge in [0.1, 0.15) is 5.65 Å². The van der Waals surface area contributed by atoms with Gasteiger partial charge in [-0.25, -0.2) is 4.98 Å². The van der Waals surface area contributed by atoms with Crippen LogP contribution in [0.2, 0.25) is 0 Å². The van der Waals surface area contributed by atoms with Gasteiger partial charge in [-0.3, -0.25) is 0 Å². The highest BCUT2D eigenvalue weighted by Gasteiger charge is 2.21. The molecule has 0 bridgehead atoms. The van der Waals surface area contributed by atoms with E-state index in [-0.39, 0.29) is 0 Å². The van der Waals surface area contributed by atoms with Gasteiger partial charge in [-0.15, -0.1) is 0 Å². The average molecular weight is 280 g/mol. The smallest absolute Gasteiger partial charge is 0.137 e. The quantitative estimate of drug-likeness (QED) is 0.870. The summed E-state index contributed by atoms with van der Waals surface area (Å²) in [7, 11) is 0. The Balaban J connectivity index is 2.15. The summed E-state index contributed by atoms with van der Waals surface area (Å²) in [6.07, 6.45) is 4.53. The van der Waals surface area contributed by atoms with Crippen molar-refractivity contribution in [1.29, 1.82) is 0 Å². The second-order valence-corrected chi connectivity index (χ2v) is 5.22. The topological polar surface area (TPSA) is 29.3 Å². The molecule has 1 aliphatic heterocycles. The maximum absolute atomic E-state index is 4.72. The maximum Gasteiger partial charge on any atom is 0.137 e. The first kappa shape index (κ1) is 10.3. The van der Waals surface area contributed by atoms with Crippen LogP contribution in [0.4, 0.5) is 0 Å². The molecule has 1 atom stereocenters. The van der Waals surface area contributed by atoms with Gasteiger partial charge in [0, 0.05) is 16.4 Å². The van der Waals surface area contributed by atoms with Gasteiger partial charge < -0.3 is 9.72 Å². The van der Waals surface area contributed by atoms with Crippen LogP contribution >= 0.6 is 15.9 Å². The van der Waals surface area contributed by atoms with Crippen molar-refractivity contribution in [3.63, 3.8) is 0 Å². The summed E-state index contributed by atoms with van der Waals surface area (Å²) in [5.41, 5.74) is 3.48. The molecule has 2 aromatic heterocycles. The number of nitrogens with zero attached hydrogens (tertiary/aromatic N) is 2. The normalized spacial score (nSPS) is 20.8. The Morgan fingerprint density at radius 3 is 3.12 bits per heavy atom. The summed E-state index contributed by atoms with van der Waals surface area (Å²) in [5.74, 6) is 0. The first-order chi connectivity index (χ1) is 7.75. The van der Waals surface area contributed by atoms with Gasteiger partial charge in [0.15, 0.2) is 0 Å². The summed E-state index contributed by atoms with van der Waals surface area (Å²) in [5, 5.41) is 3.50. The Kier molecular flexibility index (Phi) is 2.48. The molecule has 0 aliphatic carbocycles. The zero-order valence-electron chi connectivity index (χ0n) is 9.20. The fraction of sp³-hybridized carbons (Fsp3) is 0.417. The average Bonchev–Trinajstić information content (AvgIpc) is 2.87. The minimum atomic E-state index is 0.443. The summed E-state index contributed by atoms with van der Waals surface area (Å²) >= 11 is 3.50. The Hall–Kier alpha value is -0.870. The van der Waals surface area contributed by atoms with Gasteiger partial charge >= 0.3 is 0 Å². The molecule has 2 aromatic rings. The summed E-state index contributed by atoms with van der Waals surface area (Å²) < 4.78 is 3.24. The molecule has 84 valence electrons. The SMILES string of the molecule is Cc1c(C2CCCN2)nc2ccc(Br)cn12. The van der Waals surface area contributed by atoms with E-state index >= 15 is 0 Å². The molecule has 1 saturated heterocycles. The molecule has 3 heterocycles. The Bertz CT molecular complexity index is 526. The number of hydrogen-bond donors (Lipinski definition) is 1. The maximum atomic E-state index is 4.72. The number of aryl methyl sites for hydroxylation is 1. The van der Waals surface area contributed by atoms with Gasteiger partial charge in [-0.05, 0) is 54.4 Å². The lowest BCUT2D eigenvalue weighted by molar-refractivity contribution is 0.627. The third-order valence-corrected chi connectivity index (χ3v) is 3.72. The van der Waals surface area contributed by atoms with Crippen molar-refractivity contribution >= 4 is 21.6 Å². The van der Waals surface area contributed by atoms with Crippen LogP contribution < -0.4 is 5.32 Å². The Morgan fingerprint density at radius 2 is 2.38 bits per heavy atom. The summed E-state index contributed by atoms with van der Waals surface area (Å²) in [4.78, 5) is 4.72. The van der Waals surface area contributed by atoms with Crippen molar-refractivity contribution in [2.75, 3.05) is 6.54 Å². The number of halogens is 1. The fourth-order valence-electron chi connectivity index (χ4n) is 2.40. The Labute approximate surface area is 103 Å². The molecule has 1 aliphatic rings. The molecule has 0 radical (unpaired) electrons. The molecule has 3 nitrogen and oxygen atoms in total. The predicted octanol–water partition coefficient (Wildman–Crippen LogP) is 2.83. The van der Waals surface area contributed by atoms with E-state index in [1.807, 2.05) is 6.07 Å².